The van der Waals surface area contributed by atoms with Gasteiger partial charge >= 0.3 is 0 Å². The first kappa shape index (κ1) is 15.3. The molecule has 0 rings (SSSR count). The second-order valence-corrected chi connectivity index (χ2v) is 6.21. The highest BCUT2D eigenvalue weighted by Gasteiger charge is 2.35. The molecule has 0 aromatic carbocycles. The summed E-state index contributed by atoms with van der Waals surface area (Å²) >= 11 is 7.73. The minimum Gasteiger partial charge on any atom is -0.329 e. The normalized spacial score (nSPS) is 17.8. The topological polar surface area (TPSA) is 35.2 Å². The molecule has 0 saturated carbocycles. The minimum absolute atomic E-state index is 0.0406. The van der Waals surface area contributed by atoms with E-state index >= 15 is 0 Å². The molecule has 2 atom stereocenters. The number of nitrogens with two attached hydrogens (primary N) is 1. The van der Waals surface area contributed by atoms with Crippen molar-refractivity contribution in [1.82, 2.24) is 0 Å². The Balaban J connectivity index is 4.45. The average molecular weight is 349 g/mol. The third-order valence-corrected chi connectivity index (χ3v) is 4.63. The molecule has 0 saturated heterocycles. The summed E-state index contributed by atoms with van der Waals surface area (Å²) in [6.45, 7) is 5.11. The first-order chi connectivity index (χ1) is 6.66. The summed E-state index contributed by atoms with van der Waals surface area (Å²) in [6.07, 6.45) is 3.39. The van der Waals surface area contributed by atoms with Crippen LogP contribution in [0.2, 0.25) is 0 Å². The van der Waals surface area contributed by atoms with Crippen LogP contribution in [0, 0.1) is 5.92 Å². The summed E-state index contributed by atoms with van der Waals surface area (Å²) in [5, 5.41) is 0. The number of halogens is 1. The zero-order valence-electron chi connectivity index (χ0n) is 8.83. The van der Waals surface area contributed by atoms with Crippen molar-refractivity contribution in [1.29, 1.82) is 0 Å². The van der Waals surface area contributed by atoms with Crippen molar-refractivity contribution >= 4 is 47.7 Å². The maximum Gasteiger partial charge on any atom is 0.127 e. The molecular weight excluding hydrogens is 329 g/mol. The van der Waals surface area contributed by atoms with E-state index in [1.54, 1.807) is 0 Å². The molecule has 14 heavy (non-hydrogen) atoms. The molecule has 0 aliphatic carbocycles. The van der Waals surface area contributed by atoms with Gasteiger partial charge in [0.1, 0.15) is 23.0 Å². The molecule has 0 aliphatic rings. The Labute approximate surface area is 111 Å². The van der Waals surface area contributed by atoms with Gasteiger partial charge in [-0.3, -0.25) is 0 Å². The maximum absolute atomic E-state index is 5.87. The van der Waals surface area contributed by atoms with Gasteiger partial charge in [-0.25, -0.2) is 2.51 Å². The van der Waals surface area contributed by atoms with E-state index in [-0.39, 0.29) is 4.75 Å². The van der Waals surface area contributed by atoms with Gasteiger partial charge < -0.3 is 5.73 Å². The predicted molar refractivity (Wildman–Crippen MR) is 77.0 cm³/mol. The lowest BCUT2D eigenvalue weighted by Gasteiger charge is -2.35. The summed E-state index contributed by atoms with van der Waals surface area (Å²) in [5.74, 6) is 1.43. The van der Waals surface area contributed by atoms with Gasteiger partial charge in [0.25, 0.3) is 0 Å². The Morgan fingerprint density at radius 2 is 2.29 bits per heavy atom. The Morgan fingerprint density at radius 1 is 1.64 bits per heavy atom. The number of rotatable bonds is 8. The van der Waals surface area contributed by atoms with Gasteiger partial charge in [0.2, 0.25) is 0 Å². The van der Waals surface area contributed by atoms with Crippen molar-refractivity contribution in [2.75, 3.05) is 12.3 Å². The Hall–Kier alpha value is 1.35. The average Bonchev–Trinajstić information content (AvgIpc) is 2.17. The van der Waals surface area contributed by atoms with E-state index in [4.69, 9.17) is 8.25 Å². The number of hydrogen-bond acceptors (Lipinski definition) is 4. The fraction of sp³-hybridized carbons (Fsp3) is 1.00. The van der Waals surface area contributed by atoms with Crippen molar-refractivity contribution in [3.05, 3.63) is 0 Å². The highest BCUT2D eigenvalue weighted by Crippen LogP contribution is 2.40. The van der Waals surface area contributed by atoms with E-state index in [0.717, 1.165) is 12.2 Å². The highest BCUT2D eigenvalue weighted by molar-refractivity contribution is 14.1. The number of thiol groups is 1. The van der Waals surface area contributed by atoms with Crippen LogP contribution in [0.15, 0.2) is 0 Å². The van der Waals surface area contributed by atoms with E-state index in [9.17, 15) is 0 Å². The van der Waals surface area contributed by atoms with Gasteiger partial charge in [-0.1, -0.05) is 20.3 Å². The van der Waals surface area contributed by atoms with E-state index < -0.39 is 0 Å². The zero-order valence-corrected chi connectivity index (χ0v) is 12.7. The van der Waals surface area contributed by atoms with Crippen LogP contribution < -0.4 is 5.73 Å². The predicted octanol–water partition coefficient (Wildman–Crippen LogP) is 3.45. The molecule has 2 N–H and O–H groups in total. The second-order valence-electron chi connectivity index (χ2n) is 3.58. The first-order valence-corrected chi connectivity index (χ1v) is 7.19. The van der Waals surface area contributed by atoms with Gasteiger partial charge in [0, 0.05) is 18.6 Å². The van der Waals surface area contributed by atoms with E-state index in [1.807, 2.05) is 23.0 Å². The number of hydrogen-bond donors (Lipinski definition) is 2. The van der Waals surface area contributed by atoms with Gasteiger partial charge in [-0.15, -0.1) is 0 Å². The van der Waals surface area contributed by atoms with Crippen LogP contribution in [0.3, 0.4) is 0 Å². The van der Waals surface area contributed by atoms with Crippen molar-refractivity contribution in [2.24, 2.45) is 11.7 Å². The summed E-state index contributed by atoms with van der Waals surface area (Å²) in [6, 6.07) is 0. The SMILES string of the molecule is CCCC(C)C(CN)(CCS)SOI. The van der Waals surface area contributed by atoms with E-state index in [1.165, 1.54) is 24.9 Å². The molecule has 0 fully saturated rings. The van der Waals surface area contributed by atoms with Crippen LogP contribution in [0.4, 0.5) is 0 Å². The lowest BCUT2D eigenvalue weighted by molar-refractivity contribution is 0.369. The molecule has 0 aliphatic heterocycles. The summed E-state index contributed by atoms with van der Waals surface area (Å²) in [4.78, 5) is 0. The highest BCUT2D eigenvalue weighted by atomic mass is 127. The summed E-state index contributed by atoms with van der Waals surface area (Å²) < 4.78 is 5.23. The molecule has 0 aromatic heterocycles. The van der Waals surface area contributed by atoms with Crippen LogP contribution in [0.5, 0.6) is 0 Å². The van der Waals surface area contributed by atoms with Crippen LogP contribution in [0.1, 0.15) is 33.1 Å². The summed E-state index contributed by atoms with van der Waals surface area (Å²) in [7, 11) is 0. The van der Waals surface area contributed by atoms with Crippen LogP contribution in [-0.2, 0) is 2.51 Å². The molecule has 2 unspecified atom stereocenters. The van der Waals surface area contributed by atoms with Gasteiger partial charge in [0.05, 0.1) is 4.75 Å². The quantitative estimate of drug-likeness (QED) is 0.400. The fourth-order valence-corrected chi connectivity index (χ4v) is 3.94. The summed E-state index contributed by atoms with van der Waals surface area (Å²) in [5.41, 5.74) is 5.87. The van der Waals surface area contributed by atoms with E-state index in [2.05, 4.69) is 26.5 Å². The smallest absolute Gasteiger partial charge is 0.127 e. The van der Waals surface area contributed by atoms with Gasteiger partial charge in [0.15, 0.2) is 0 Å². The van der Waals surface area contributed by atoms with Crippen LogP contribution >= 0.6 is 47.7 Å². The third kappa shape index (κ3) is 4.47. The molecule has 86 valence electrons. The molecule has 0 bridgehead atoms. The lowest BCUT2D eigenvalue weighted by atomic mass is 9.87. The third-order valence-electron chi connectivity index (χ3n) is 2.70. The molecule has 2 nitrogen and oxygen atoms in total. The van der Waals surface area contributed by atoms with Crippen LogP contribution in [-0.4, -0.2) is 17.0 Å². The maximum atomic E-state index is 5.87. The molecule has 0 spiro atoms. The van der Waals surface area contributed by atoms with E-state index in [0.29, 0.717) is 12.5 Å². The van der Waals surface area contributed by atoms with Gasteiger partial charge in [-0.2, -0.15) is 12.6 Å². The van der Waals surface area contributed by atoms with Crippen molar-refractivity contribution in [2.45, 2.75) is 37.9 Å². The van der Waals surface area contributed by atoms with Crippen molar-refractivity contribution < 1.29 is 2.51 Å². The molecule has 5 heteroatoms. The minimum atomic E-state index is 0.0406. The first-order valence-electron chi connectivity index (χ1n) is 4.94. The van der Waals surface area contributed by atoms with Gasteiger partial charge in [-0.05, 0) is 24.5 Å². The Morgan fingerprint density at radius 3 is 2.64 bits per heavy atom. The molecule has 0 aromatic rings. The fourth-order valence-electron chi connectivity index (χ4n) is 1.66. The Bertz CT molecular complexity index is 143. The van der Waals surface area contributed by atoms with Crippen molar-refractivity contribution in [3.8, 4) is 0 Å². The molecule has 0 heterocycles. The Kier molecular flexibility index (Phi) is 9.32. The largest absolute Gasteiger partial charge is 0.329 e. The van der Waals surface area contributed by atoms with Crippen LogP contribution in [0.25, 0.3) is 0 Å². The lowest BCUT2D eigenvalue weighted by Crippen LogP contribution is -2.41. The van der Waals surface area contributed by atoms with Crippen molar-refractivity contribution in [3.63, 3.8) is 0 Å². The molecule has 0 radical (unpaired) electrons. The monoisotopic (exact) mass is 349 g/mol. The zero-order chi connectivity index (χ0) is 11.0. The second kappa shape index (κ2) is 8.50. The standard InChI is InChI=1S/C9H20INOS2/c1-3-4-8(2)9(7-11,5-6-13)14-12-10/h8,13H,3-7,11H2,1-2H3. The molecular formula is C9H20INOS2. The molecule has 0 amide bonds.